The molecular formula is C11H12ClFN2O2S. The van der Waals surface area contributed by atoms with Crippen molar-refractivity contribution in [2.75, 3.05) is 16.8 Å². The van der Waals surface area contributed by atoms with E-state index in [1.165, 1.54) is 0 Å². The Bertz CT molecular complexity index is 467. The highest BCUT2D eigenvalue weighted by molar-refractivity contribution is 7.99. The van der Waals surface area contributed by atoms with E-state index in [-0.39, 0.29) is 22.4 Å². The standard InChI is InChI=1S/C11H12ClFN2O2S/c12-8-5-11(15(16)17)10(6-9(8)13)14-7-1-3-18-4-2-7/h5-7,14H,1-4H2. The molecule has 0 radical (unpaired) electrons. The average molecular weight is 291 g/mol. The molecule has 0 bridgehead atoms. The molecule has 7 heteroatoms. The summed E-state index contributed by atoms with van der Waals surface area (Å²) < 4.78 is 13.4. The number of nitro benzene ring substituents is 1. The van der Waals surface area contributed by atoms with Gasteiger partial charge >= 0.3 is 0 Å². The van der Waals surface area contributed by atoms with Gasteiger partial charge in [-0.15, -0.1) is 0 Å². The molecule has 0 amide bonds. The summed E-state index contributed by atoms with van der Waals surface area (Å²) in [5.41, 5.74) is 0.0263. The van der Waals surface area contributed by atoms with Gasteiger partial charge in [-0.05, 0) is 24.3 Å². The fourth-order valence-corrected chi connectivity index (χ4v) is 3.13. The Morgan fingerprint density at radius 3 is 2.72 bits per heavy atom. The van der Waals surface area contributed by atoms with Gasteiger partial charge in [0.2, 0.25) is 0 Å². The van der Waals surface area contributed by atoms with Crippen molar-refractivity contribution in [3.63, 3.8) is 0 Å². The number of thioether (sulfide) groups is 1. The monoisotopic (exact) mass is 290 g/mol. The van der Waals surface area contributed by atoms with Crippen LogP contribution in [-0.4, -0.2) is 22.5 Å². The first kappa shape index (κ1) is 13.4. The summed E-state index contributed by atoms with van der Waals surface area (Å²) in [4.78, 5) is 10.4. The molecule has 18 heavy (non-hydrogen) atoms. The summed E-state index contributed by atoms with van der Waals surface area (Å²) in [7, 11) is 0. The zero-order valence-corrected chi connectivity index (χ0v) is 11.1. The molecule has 1 fully saturated rings. The predicted octanol–water partition coefficient (Wildman–Crippen LogP) is 3.69. The summed E-state index contributed by atoms with van der Waals surface area (Å²) >= 11 is 7.42. The van der Waals surface area contributed by atoms with Crippen molar-refractivity contribution in [2.45, 2.75) is 18.9 Å². The molecule has 1 aromatic carbocycles. The zero-order valence-electron chi connectivity index (χ0n) is 9.49. The number of nitro groups is 1. The molecule has 1 N–H and O–H groups in total. The Morgan fingerprint density at radius 1 is 1.44 bits per heavy atom. The fraction of sp³-hybridized carbons (Fsp3) is 0.455. The van der Waals surface area contributed by atoms with Crippen LogP contribution < -0.4 is 5.32 Å². The lowest BCUT2D eigenvalue weighted by molar-refractivity contribution is -0.384. The second-order valence-corrected chi connectivity index (χ2v) is 5.70. The van der Waals surface area contributed by atoms with Crippen molar-refractivity contribution in [3.05, 3.63) is 33.1 Å². The summed E-state index contributed by atoms with van der Waals surface area (Å²) in [5.74, 6) is 1.39. The summed E-state index contributed by atoms with van der Waals surface area (Å²) in [6, 6.07) is 2.31. The minimum absolute atomic E-state index is 0.158. The van der Waals surface area contributed by atoms with Gasteiger partial charge in [-0.25, -0.2) is 4.39 Å². The summed E-state index contributed by atoms with van der Waals surface area (Å²) in [6.45, 7) is 0. The van der Waals surface area contributed by atoms with E-state index in [1.54, 1.807) is 0 Å². The molecule has 0 aliphatic carbocycles. The Hall–Kier alpha value is -1.01. The van der Waals surface area contributed by atoms with Crippen molar-refractivity contribution < 1.29 is 9.31 Å². The lowest BCUT2D eigenvalue weighted by Crippen LogP contribution is -2.24. The van der Waals surface area contributed by atoms with Gasteiger partial charge in [0.05, 0.1) is 9.95 Å². The Balaban J connectivity index is 2.24. The minimum Gasteiger partial charge on any atom is -0.377 e. The second kappa shape index (κ2) is 5.75. The maximum Gasteiger partial charge on any atom is 0.294 e. The first-order valence-corrected chi connectivity index (χ1v) is 7.09. The zero-order chi connectivity index (χ0) is 13.1. The van der Waals surface area contributed by atoms with E-state index in [1.807, 2.05) is 11.8 Å². The highest BCUT2D eigenvalue weighted by Gasteiger charge is 2.21. The molecule has 0 saturated carbocycles. The van der Waals surface area contributed by atoms with Crippen molar-refractivity contribution in [3.8, 4) is 0 Å². The van der Waals surface area contributed by atoms with Crippen molar-refractivity contribution in [1.82, 2.24) is 0 Å². The van der Waals surface area contributed by atoms with Crippen molar-refractivity contribution in [2.24, 2.45) is 0 Å². The SMILES string of the molecule is O=[N+]([O-])c1cc(Cl)c(F)cc1NC1CCSCC1. The van der Waals surface area contributed by atoms with Gasteiger partial charge in [-0.1, -0.05) is 11.6 Å². The van der Waals surface area contributed by atoms with Gasteiger partial charge in [-0.3, -0.25) is 10.1 Å². The molecule has 1 aliphatic heterocycles. The van der Waals surface area contributed by atoms with Gasteiger partial charge in [0, 0.05) is 18.2 Å². The van der Waals surface area contributed by atoms with E-state index in [2.05, 4.69) is 5.32 Å². The normalized spacial score (nSPS) is 16.6. The quantitative estimate of drug-likeness (QED) is 0.681. The third-order valence-corrected chi connectivity index (χ3v) is 4.15. The number of rotatable bonds is 3. The Morgan fingerprint density at radius 2 is 2.11 bits per heavy atom. The molecule has 0 atom stereocenters. The van der Waals surface area contributed by atoms with Crippen LogP contribution in [0.25, 0.3) is 0 Å². The minimum atomic E-state index is -0.644. The van der Waals surface area contributed by atoms with E-state index in [9.17, 15) is 14.5 Å². The maximum absolute atomic E-state index is 13.4. The van der Waals surface area contributed by atoms with Crippen molar-refractivity contribution in [1.29, 1.82) is 0 Å². The second-order valence-electron chi connectivity index (χ2n) is 4.07. The first-order chi connectivity index (χ1) is 8.58. The van der Waals surface area contributed by atoms with Gasteiger partial charge in [-0.2, -0.15) is 11.8 Å². The topological polar surface area (TPSA) is 55.2 Å². The third-order valence-electron chi connectivity index (χ3n) is 2.82. The highest BCUT2D eigenvalue weighted by atomic mass is 35.5. The molecule has 0 spiro atoms. The smallest absolute Gasteiger partial charge is 0.294 e. The number of benzene rings is 1. The van der Waals surface area contributed by atoms with Crippen molar-refractivity contribution >= 4 is 34.7 Å². The molecule has 0 aromatic heterocycles. The number of anilines is 1. The Labute approximate surface area is 113 Å². The molecule has 1 heterocycles. The Kier molecular flexibility index (Phi) is 4.29. The van der Waals surface area contributed by atoms with Crippen LogP contribution in [0, 0.1) is 15.9 Å². The van der Waals surface area contributed by atoms with Gasteiger partial charge in [0.15, 0.2) is 0 Å². The predicted molar refractivity (Wildman–Crippen MR) is 72.0 cm³/mol. The first-order valence-electron chi connectivity index (χ1n) is 5.55. The van der Waals surface area contributed by atoms with Crippen LogP contribution >= 0.6 is 23.4 Å². The molecular weight excluding hydrogens is 279 g/mol. The van der Waals surface area contributed by atoms with E-state index < -0.39 is 10.7 Å². The van der Waals surface area contributed by atoms with E-state index in [4.69, 9.17) is 11.6 Å². The lowest BCUT2D eigenvalue weighted by Gasteiger charge is -2.23. The average Bonchev–Trinajstić information content (AvgIpc) is 2.34. The number of nitrogens with zero attached hydrogens (tertiary/aromatic N) is 1. The largest absolute Gasteiger partial charge is 0.377 e. The molecule has 1 saturated heterocycles. The molecule has 0 unspecified atom stereocenters. The van der Waals surface area contributed by atoms with Crippen LogP contribution in [0.5, 0.6) is 0 Å². The van der Waals surface area contributed by atoms with Crippen LogP contribution in [0.3, 0.4) is 0 Å². The molecule has 1 aliphatic rings. The number of hydrogen-bond donors (Lipinski definition) is 1. The van der Waals surface area contributed by atoms with Gasteiger partial charge in [0.1, 0.15) is 11.5 Å². The maximum atomic E-state index is 13.4. The highest BCUT2D eigenvalue weighted by Crippen LogP contribution is 2.32. The van der Waals surface area contributed by atoms with E-state index in [0.717, 1.165) is 36.5 Å². The number of nitrogens with one attached hydrogen (secondary N) is 1. The summed E-state index contributed by atoms with van der Waals surface area (Å²) in [6.07, 6.45) is 1.85. The van der Waals surface area contributed by atoms with Crippen LogP contribution in [0.2, 0.25) is 5.02 Å². The van der Waals surface area contributed by atoms with Gasteiger partial charge < -0.3 is 5.32 Å². The molecule has 4 nitrogen and oxygen atoms in total. The van der Waals surface area contributed by atoms with Gasteiger partial charge in [0.25, 0.3) is 5.69 Å². The van der Waals surface area contributed by atoms with Crippen LogP contribution in [0.4, 0.5) is 15.8 Å². The fourth-order valence-electron chi connectivity index (χ4n) is 1.86. The van der Waals surface area contributed by atoms with Crippen LogP contribution in [0.1, 0.15) is 12.8 Å². The van der Waals surface area contributed by atoms with Crippen LogP contribution in [0.15, 0.2) is 12.1 Å². The summed E-state index contributed by atoms with van der Waals surface area (Å²) in [5, 5.41) is 13.7. The third kappa shape index (κ3) is 3.05. The molecule has 2 rings (SSSR count). The number of hydrogen-bond acceptors (Lipinski definition) is 4. The van der Waals surface area contributed by atoms with E-state index >= 15 is 0 Å². The van der Waals surface area contributed by atoms with Crippen LogP contribution in [-0.2, 0) is 0 Å². The molecule has 98 valence electrons. The van der Waals surface area contributed by atoms with E-state index in [0.29, 0.717) is 0 Å². The number of halogens is 2. The molecule has 1 aromatic rings. The lowest BCUT2D eigenvalue weighted by atomic mass is 10.1.